The van der Waals surface area contributed by atoms with E-state index in [9.17, 15) is 14.2 Å². The Balaban J connectivity index is 1.32. The molecule has 2 aromatic heterocycles. The standard InChI is InChI=1S/C22H27BrN5O8P/c23-16-5-3-4-15(10-16)11-34-37(31,35-13-33-22(30)36-17-6-1-2-7-17)14-32-9-8-28-12-25-18-19(28)26-21(24)27-20(18)29/h3-5,10,12,17H,1-2,6-9,11,13-14H2,(H3,24,26,27,29). The molecule has 0 spiro atoms. The molecule has 0 saturated heterocycles. The topological polar surface area (TPSA) is 170 Å². The van der Waals surface area contributed by atoms with Gasteiger partial charge in [0.15, 0.2) is 11.2 Å². The summed E-state index contributed by atoms with van der Waals surface area (Å²) < 4.78 is 42.4. The Morgan fingerprint density at radius 1 is 1.27 bits per heavy atom. The number of nitrogens with one attached hydrogen (secondary N) is 1. The molecule has 0 amide bonds. The average molecular weight is 600 g/mol. The molecule has 200 valence electrons. The van der Waals surface area contributed by atoms with Crippen molar-refractivity contribution in [2.24, 2.45) is 0 Å². The first-order chi connectivity index (χ1) is 17.8. The summed E-state index contributed by atoms with van der Waals surface area (Å²) in [5.41, 5.74) is 6.35. The van der Waals surface area contributed by atoms with E-state index in [1.54, 1.807) is 10.6 Å². The van der Waals surface area contributed by atoms with Gasteiger partial charge in [-0.25, -0.2) is 9.78 Å². The van der Waals surface area contributed by atoms with Crippen molar-refractivity contribution < 1.29 is 32.6 Å². The van der Waals surface area contributed by atoms with Crippen LogP contribution in [0.1, 0.15) is 31.2 Å². The number of hydrogen-bond donors (Lipinski definition) is 2. The van der Waals surface area contributed by atoms with Gasteiger partial charge in [-0.05, 0) is 43.4 Å². The number of benzene rings is 1. The third-order valence-corrected chi connectivity index (χ3v) is 7.54. The van der Waals surface area contributed by atoms with Gasteiger partial charge in [0, 0.05) is 11.0 Å². The smallest absolute Gasteiger partial charge is 0.431 e. The van der Waals surface area contributed by atoms with Gasteiger partial charge in [0.1, 0.15) is 12.5 Å². The second-order valence-electron chi connectivity index (χ2n) is 8.28. The van der Waals surface area contributed by atoms with Crippen molar-refractivity contribution in [2.45, 2.75) is 44.9 Å². The Hall–Kier alpha value is -2.77. The van der Waals surface area contributed by atoms with Gasteiger partial charge in [-0.2, -0.15) is 4.98 Å². The van der Waals surface area contributed by atoms with Gasteiger partial charge in [0.05, 0.1) is 19.5 Å². The largest absolute Gasteiger partial charge is 0.510 e. The number of aromatic amines is 1. The number of fused-ring (bicyclic) bond motifs is 1. The Morgan fingerprint density at radius 3 is 2.86 bits per heavy atom. The van der Waals surface area contributed by atoms with Crippen LogP contribution in [0.15, 0.2) is 39.9 Å². The quantitative estimate of drug-likeness (QED) is 0.134. The molecule has 0 aliphatic heterocycles. The van der Waals surface area contributed by atoms with Crippen LogP contribution >= 0.6 is 23.5 Å². The minimum atomic E-state index is -3.85. The van der Waals surface area contributed by atoms with Crippen molar-refractivity contribution in [1.82, 2.24) is 19.5 Å². The lowest BCUT2D eigenvalue weighted by molar-refractivity contribution is -0.0211. The summed E-state index contributed by atoms with van der Waals surface area (Å²) in [5.74, 6) is -0.0366. The fraction of sp³-hybridized carbons (Fsp3) is 0.455. The first-order valence-corrected chi connectivity index (χ1v) is 14.1. The van der Waals surface area contributed by atoms with Crippen molar-refractivity contribution in [3.63, 3.8) is 0 Å². The third-order valence-electron chi connectivity index (χ3n) is 5.53. The minimum Gasteiger partial charge on any atom is -0.431 e. The average Bonchev–Trinajstić information content (AvgIpc) is 3.51. The summed E-state index contributed by atoms with van der Waals surface area (Å²) in [7, 11) is -3.85. The zero-order valence-electron chi connectivity index (χ0n) is 19.8. The summed E-state index contributed by atoms with van der Waals surface area (Å²) in [5, 5.41) is 0. The molecule has 3 aromatic rings. The predicted molar refractivity (Wildman–Crippen MR) is 136 cm³/mol. The van der Waals surface area contributed by atoms with E-state index in [0.717, 1.165) is 35.7 Å². The number of hydrogen-bond acceptors (Lipinski definition) is 11. The zero-order valence-corrected chi connectivity index (χ0v) is 22.3. The fourth-order valence-corrected chi connectivity index (χ4v) is 5.30. The van der Waals surface area contributed by atoms with Crippen molar-refractivity contribution in [3.8, 4) is 0 Å². The molecule has 1 fully saturated rings. The van der Waals surface area contributed by atoms with Crippen molar-refractivity contribution in [1.29, 1.82) is 0 Å². The Bertz CT molecular complexity index is 1330. The number of nitrogens with two attached hydrogens (primary N) is 1. The number of H-pyrrole nitrogens is 1. The van der Waals surface area contributed by atoms with E-state index in [4.69, 9.17) is 29.0 Å². The summed E-state index contributed by atoms with van der Waals surface area (Å²) in [4.78, 5) is 34.3. The molecule has 2 heterocycles. The molecule has 15 heteroatoms. The van der Waals surface area contributed by atoms with Crippen LogP contribution in [0, 0.1) is 0 Å². The minimum absolute atomic E-state index is 0.0231. The van der Waals surface area contributed by atoms with Gasteiger partial charge in [-0.3, -0.25) is 18.9 Å². The summed E-state index contributed by atoms with van der Waals surface area (Å²) in [6.07, 6.45) is 3.54. The van der Waals surface area contributed by atoms with Crippen LogP contribution in [0.4, 0.5) is 10.7 Å². The van der Waals surface area contributed by atoms with E-state index >= 15 is 0 Å². The van der Waals surface area contributed by atoms with Crippen LogP contribution in [-0.4, -0.2) is 51.5 Å². The van der Waals surface area contributed by atoms with Crippen LogP contribution in [0.5, 0.6) is 0 Å². The van der Waals surface area contributed by atoms with Gasteiger partial charge >= 0.3 is 13.8 Å². The molecule has 0 bridgehead atoms. The van der Waals surface area contributed by atoms with Crippen LogP contribution in [0.3, 0.4) is 0 Å². The summed E-state index contributed by atoms with van der Waals surface area (Å²) in [6.45, 7) is -0.339. The van der Waals surface area contributed by atoms with Crippen molar-refractivity contribution in [3.05, 3.63) is 51.0 Å². The fourth-order valence-electron chi connectivity index (χ4n) is 3.72. The Labute approximate surface area is 220 Å². The third kappa shape index (κ3) is 7.86. The summed E-state index contributed by atoms with van der Waals surface area (Å²) in [6, 6.07) is 7.28. The van der Waals surface area contributed by atoms with Gasteiger partial charge in [0.25, 0.3) is 5.56 Å². The molecule has 4 rings (SSSR count). The van der Waals surface area contributed by atoms with E-state index in [1.165, 1.54) is 6.33 Å². The molecular weight excluding hydrogens is 573 g/mol. The number of carbonyl (C=O) groups is 1. The van der Waals surface area contributed by atoms with E-state index in [0.29, 0.717) is 5.65 Å². The Kier molecular flexibility index (Phi) is 9.33. The number of rotatable bonds is 12. The highest BCUT2D eigenvalue weighted by atomic mass is 79.9. The number of carbonyl (C=O) groups excluding carboxylic acids is 1. The molecular formula is C22H27BrN5O8P. The zero-order chi connectivity index (χ0) is 26.3. The predicted octanol–water partition coefficient (Wildman–Crippen LogP) is 3.92. The van der Waals surface area contributed by atoms with E-state index in [-0.39, 0.29) is 37.3 Å². The van der Waals surface area contributed by atoms with Crippen LogP contribution in [0.25, 0.3) is 11.2 Å². The lowest BCUT2D eigenvalue weighted by Gasteiger charge is -2.19. The van der Waals surface area contributed by atoms with Crippen LogP contribution in [-0.2, 0) is 41.0 Å². The number of aromatic nitrogens is 4. The maximum Gasteiger partial charge on any atom is 0.510 e. The van der Waals surface area contributed by atoms with E-state index in [1.807, 2.05) is 18.2 Å². The maximum atomic E-state index is 13.4. The SMILES string of the molecule is Nc1nc2c(ncn2CCOCP(=O)(OCOC(=O)OC2CCCC2)OCc2cccc(Br)c2)c(=O)[nH]1. The second-order valence-corrected chi connectivity index (χ2v) is 11.2. The monoisotopic (exact) mass is 599 g/mol. The highest BCUT2D eigenvalue weighted by Crippen LogP contribution is 2.49. The number of halogens is 1. The lowest BCUT2D eigenvalue weighted by atomic mass is 10.2. The molecule has 3 N–H and O–H groups in total. The molecule has 13 nitrogen and oxygen atoms in total. The number of nitrogen functional groups attached to an aromatic ring is 1. The number of anilines is 1. The molecule has 0 radical (unpaired) electrons. The number of imidazole rings is 1. The van der Waals surface area contributed by atoms with E-state index in [2.05, 4.69) is 30.9 Å². The lowest BCUT2D eigenvalue weighted by Crippen LogP contribution is -2.17. The van der Waals surface area contributed by atoms with Crippen LogP contribution in [0.2, 0.25) is 0 Å². The highest BCUT2D eigenvalue weighted by Gasteiger charge is 2.27. The number of nitrogens with zero attached hydrogens (tertiary/aromatic N) is 3. The second kappa shape index (κ2) is 12.7. The van der Waals surface area contributed by atoms with Crippen molar-refractivity contribution >= 4 is 46.8 Å². The van der Waals surface area contributed by atoms with Crippen LogP contribution < -0.4 is 11.3 Å². The summed E-state index contributed by atoms with van der Waals surface area (Å²) >= 11 is 3.38. The van der Waals surface area contributed by atoms with Gasteiger partial charge < -0.3 is 29.0 Å². The first-order valence-electron chi connectivity index (χ1n) is 11.6. The normalized spacial score (nSPS) is 15.6. The van der Waals surface area contributed by atoms with Gasteiger partial charge in [0.2, 0.25) is 12.7 Å². The first kappa shape index (κ1) is 27.3. The van der Waals surface area contributed by atoms with Crippen molar-refractivity contribution in [2.75, 3.05) is 25.5 Å². The highest BCUT2D eigenvalue weighted by molar-refractivity contribution is 9.10. The Morgan fingerprint density at radius 2 is 2.08 bits per heavy atom. The van der Waals surface area contributed by atoms with E-state index < -0.39 is 32.5 Å². The molecule has 1 aliphatic rings. The molecule has 37 heavy (non-hydrogen) atoms. The molecule has 1 aliphatic carbocycles. The maximum absolute atomic E-state index is 13.4. The molecule has 1 saturated carbocycles. The number of ether oxygens (including phenoxy) is 3. The van der Waals surface area contributed by atoms with Gasteiger partial charge in [-0.15, -0.1) is 0 Å². The van der Waals surface area contributed by atoms with Gasteiger partial charge in [-0.1, -0.05) is 28.1 Å². The molecule has 1 aromatic carbocycles. The molecule has 1 unspecified atom stereocenters. The molecule has 1 atom stereocenters.